The molecule has 1 aliphatic rings. The molecule has 0 bridgehead atoms. The number of amides is 2. The molecular formula is C11H13F3N4O2. The Labute approximate surface area is 112 Å². The first kappa shape index (κ1) is 14.4. The van der Waals surface area contributed by atoms with Crippen molar-refractivity contribution in [2.24, 2.45) is 18.7 Å². The maximum absolute atomic E-state index is 13.0. The van der Waals surface area contributed by atoms with E-state index < -0.39 is 35.5 Å². The minimum Gasteiger partial charge on any atom is -0.369 e. The number of rotatable bonds is 2. The zero-order chi connectivity index (χ0) is 15.2. The van der Waals surface area contributed by atoms with Crippen molar-refractivity contribution in [2.75, 3.05) is 13.6 Å². The summed E-state index contributed by atoms with van der Waals surface area (Å²) in [4.78, 5) is 24.4. The Morgan fingerprint density at radius 1 is 1.45 bits per heavy atom. The minimum absolute atomic E-state index is 0.00120. The van der Waals surface area contributed by atoms with Crippen molar-refractivity contribution in [3.05, 3.63) is 17.5 Å². The fraction of sp³-hybridized carbons (Fsp3) is 0.545. The van der Waals surface area contributed by atoms with Gasteiger partial charge in [-0.25, -0.2) is 0 Å². The Balaban J connectivity index is 2.52. The van der Waals surface area contributed by atoms with Gasteiger partial charge in [0.05, 0.1) is 6.20 Å². The lowest BCUT2D eigenvalue weighted by Gasteiger charge is -2.16. The number of aromatic nitrogens is 2. The summed E-state index contributed by atoms with van der Waals surface area (Å²) >= 11 is 0. The van der Waals surface area contributed by atoms with Crippen molar-refractivity contribution in [2.45, 2.75) is 12.1 Å². The third kappa shape index (κ3) is 2.12. The predicted octanol–water partition coefficient (Wildman–Crippen LogP) is 0.0960. The van der Waals surface area contributed by atoms with Gasteiger partial charge in [-0.15, -0.1) is 0 Å². The molecule has 0 aliphatic carbocycles. The molecule has 1 fully saturated rings. The van der Waals surface area contributed by atoms with E-state index in [-0.39, 0.29) is 12.1 Å². The summed E-state index contributed by atoms with van der Waals surface area (Å²) in [6, 6.07) is 0. The van der Waals surface area contributed by atoms with Gasteiger partial charge in [0.25, 0.3) is 0 Å². The maximum Gasteiger partial charge on any atom is 0.433 e. The second-order valence-corrected chi connectivity index (χ2v) is 4.78. The summed E-state index contributed by atoms with van der Waals surface area (Å²) in [5, 5.41) is 3.59. The molecule has 0 radical (unpaired) electrons. The molecule has 0 saturated carbocycles. The van der Waals surface area contributed by atoms with Gasteiger partial charge in [0.15, 0.2) is 0 Å². The van der Waals surface area contributed by atoms with Gasteiger partial charge in [0.2, 0.25) is 11.8 Å². The first-order valence-electron chi connectivity index (χ1n) is 5.78. The van der Waals surface area contributed by atoms with Crippen LogP contribution in [0.2, 0.25) is 0 Å². The van der Waals surface area contributed by atoms with Crippen LogP contribution in [0.3, 0.4) is 0 Å². The number of primary amides is 1. The second-order valence-electron chi connectivity index (χ2n) is 4.78. The lowest BCUT2D eigenvalue weighted by molar-refractivity contribution is -0.145. The highest BCUT2D eigenvalue weighted by atomic mass is 19.4. The van der Waals surface area contributed by atoms with Gasteiger partial charge in [-0.1, -0.05) is 0 Å². The smallest absolute Gasteiger partial charge is 0.369 e. The van der Waals surface area contributed by atoms with Crippen molar-refractivity contribution < 1.29 is 22.8 Å². The predicted molar refractivity (Wildman–Crippen MR) is 61.3 cm³/mol. The van der Waals surface area contributed by atoms with Crippen molar-refractivity contribution in [1.82, 2.24) is 14.7 Å². The molecule has 20 heavy (non-hydrogen) atoms. The molecule has 1 aromatic rings. The van der Waals surface area contributed by atoms with E-state index in [4.69, 9.17) is 5.73 Å². The lowest BCUT2D eigenvalue weighted by Crippen LogP contribution is -2.33. The minimum atomic E-state index is -4.62. The van der Waals surface area contributed by atoms with E-state index in [0.29, 0.717) is 4.68 Å². The molecule has 2 amide bonds. The average molecular weight is 290 g/mol. The number of likely N-dealkylation sites (N-methyl/N-ethyl adjacent to an activating group) is 1. The van der Waals surface area contributed by atoms with Crippen LogP contribution in [0, 0.1) is 5.92 Å². The van der Waals surface area contributed by atoms with Crippen LogP contribution in [0.15, 0.2) is 6.20 Å². The molecule has 0 unspecified atom stereocenters. The highest BCUT2D eigenvalue weighted by Gasteiger charge is 2.48. The first-order valence-corrected chi connectivity index (χ1v) is 5.78. The van der Waals surface area contributed by atoms with Crippen molar-refractivity contribution in [3.8, 4) is 0 Å². The SMILES string of the molecule is CN1C[C@H](c2cnn(C)c2C(F)(F)F)[C@@H](C(N)=O)C1=O. The van der Waals surface area contributed by atoms with Gasteiger partial charge in [0, 0.05) is 32.1 Å². The first-order chi connectivity index (χ1) is 9.14. The van der Waals surface area contributed by atoms with E-state index in [1.807, 2.05) is 0 Å². The fourth-order valence-electron chi connectivity index (χ4n) is 2.57. The molecule has 1 aromatic heterocycles. The molecule has 9 heteroatoms. The number of carbonyl (C=O) groups excluding carboxylic acids is 2. The lowest BCUT2D eigenvalue weighted by atomic mass is 9.88. The number of carbonyl (C=O) groups is 2. The Morgan fingerprint density at radius 2 is 2.05 bits per heavy atom. The zero-order valence-corrected chi connectivity index (χ0v) is 10.8. The van der Waals surface area contributed by atoms with Gasteiger partial charge < -0.3 is 10.6 Å². The molecule has 2 atom stereocenters. The normalized spacial score (nSPS) is 23.4. The van der Waals surface area contributed by atoms with E-state index in [0.717, 1.165) is 13.2 Å². The van der Waals surface area contributed by atoms with Crippen molar-refractivity contribution >= 4 is 11.8 Å². The van der Waals surface area contributed by atoms with E-state index in [1.54, 1.807) is 0 Å². The van der Waals surface area contributed by atoms with E-state index in [2.05, 4.69) is 5.10 Å². The second kappa shape index (κ2) is 4.50. The topological polar surface area (TPSA) is 81.2 Å². The standard InChI is InChI=1S/C11H13F3N4O2/c1-17-4-6(7(9(15)19)10(17)20)5-3-16-18(2)8(5)11(12,13)14/h3,6-7H,4H2,1-2H3,(H2,15,19)/t6-,7+/m1/s1. The van der Waals surface area contributed by atoms with E-state index >= 15 is 0 Å². The molecule has 2 heterocycles. The fourth-order valence-corrected chi connectivity index (χ4v) is 2.57. The quantitative estimate of drug-likeness (QED) is 0.784. The van der Waals surface area contributed by atoms with Gasteiger partial charge in [-0.3, -0.25) is 14.3 Å². The number of hydrogen-bond donors (Lipinski definition) is 1. The number of alkyl halides is 3. The number of likely N-dealkylation sites (tertiary alicyclic amines) is 1. The molecule has 2 rings (SSSR count). The van der Waals surface area contributed by atoms with Gasteiger partial charge in [-0.05, 0) is 0 Å². The summed E-state index contributed by atoms with van der Waals surface area (Å²) in [6.45, 7) is 0.00120. The van der Waals surface area contributed by atoms with Gasteiger partial charge >= 0.3 is 6.18 Å². The zero-order valence-electron chi connectivity index (χ0n) is 10.8. The Kier molecular flexibility index (Phi) is 3.23. The molecule has 1 aliphatic heterocycles. The number of nitrogens with two attached hydrogens (primary N) is 1. The maximum atomic E-state index is 13.0. The Morgan fingerprint density at radius 3 is 2.55 bits per heavy atom. The largest absolute Gasteiger partial charge is 0.433 e. The molecule has 0 aromatic carbocycles. The summed E-state index contributed by atoms with van der Waals surface area (Å²) in [6.07, 6.45) is -3.58. The molecule has 110 valence electrons. The average Bonchev–Trinajstić information content (AvgIpc) is 2.80. The third-order valence-corrected chi connectivity index (χ3v) is 3.46. The number of nitrogens with zero attached hydrogens (tertiary/aromatic N) is 3. The van der Waals surface area contributed by atoms with Crippen LogP contribution in [0.1, 0.15) is 17.2 Å². The summed E-state index contributed by atoms with van der Waals surface area (Å²) in [7, 11) is 2.58. The molecule has 0 spiro atoms. The Hall–Kier alpha value is -2.06. The highest BCUT2D eigenvalue weighted by Crippen LogP contribution is 2.40. The van der Waals surface area contributed by atoms with E-state index in [1.165, 1.54) is 11.9 Å². The Bertz CT molecular complexity index is 567. The number of aryl methyl sites for hydroxylation is 1. The third-order valence-electron chi connectivity index (χ3n) is 3.46. The van der Waals surface area contributed by atoms with Crippen LogP contribution in [-0.4, -0.2) is 40.1 Å². The van der Waals surface area contributed by atoms with Crippen molar-refractivity contribution in [3.63, 3.8) is 0 Å². The van der Waals surface area contributed by atoms with Crippen LogP contribution >= 0.6 is 0 Å². The summed E-state index contributed by atoms with van der Waals surface area (Å²) < 4.78 is 39.8. The van der Waals surface area contributed by atoms with Gasteiger partial charge in [-0.2, -0.15) is 18.3 Å². The summed E-state index contributed by atoms with van der Waals surface area (Å²) in [5.41, 5.74) is 4.01. The number of hydrogen-bond acceptors (Lipinski definition) is 3. The van der Waals surface area contributed by atoms with Crippen molar-refractivity contribution in [1.29, 1.82) is 0 Å². The monoisotopic (exact) mass is 290 g/mol. The molecule has 6 nitrogen and oxygen atoms in total. The van der Waals surface area contributed by atoms with Crippen LogP contribution in [-0.2, 0) is 22.8 Å². The van der Waals surface area contributed by atoms with Crippen LogP contribution in [0.5, 0.6) is 0 Å². The van der Waals surface area contributed by atoms with Crippen LogP contribution in [0.4, 0.5) is 13.2 Å². The number of halogens is 3. The molecule has 1 saturated heterocycles. The van der Waals surface area contributed by atoms with E-state index in [9.17, 15) is 22.8 Å². The van der Waals surface area contributed by atoms with Crippen LogP contribution < -0.4 is 5.73 Å². The molecule has 2 N–H and O–H groups in total. The highest BCUT2D eigenvalue weighted by molar-refractivity contribution is 6.02. The van der Waals surface area contributed by atoms with Gasteiger partial charge in [0.1, 0.15) is 11.6 Å². The summed E-state index contributed by atoms with van der Waals surface area (Å²) in [5.74, 6) is -3.72. The van der Waals surface area contributed by atoms with Crippen LogP contribution in [0.25, 0.3) is 0 Å². The molecular weight excluding hydrogens is 277 g/mol.